The number of nitrogens with one attached hydrogen (secondary N) is 2. The lowest BCUT2D eigenvalue weighted by atomic mass is 9.95. The molecule has 1 saturated carbocycles. The van der Waals surface area contributed by atoms with Crippen molar-refractivity contribution in [1.29, 1.82) is 0 Å². The molecule has 1 fully saturated rings. The van der Waals surface area contributed by atoms with Crippen LogP contribution >= 0.6 is 0 Å². The number of likely N-dealkylation sites (N-methyl/N-ethyl adjacent to an activating group) is 1. The summed E-state index contributed by atoms with van der Waals surface area (Å²) in [6, 6.07) is 8.86. The van der Waals surface area contributed by atoms with Gasteiger partial charge in [-0.05, 0) is 50.0 Å². The predicted octanol–water partition coefficient (Wildman–Crippen LogP) is 3.32. The van der Waals surface area contributed by atoms with Gasteiger partial charge in [-0.2, -0.15) is 0 Å². The van der Waals surface area contributed by atoms with Gasteiger partial charge in [0.2, 0.25) is 0 Å². The fraction of sp³-hybridized carbons (Fsp3) is 0.696. The van der Waals surface area contributed by atoms with Gasteiger partial charge in [0.1, 0.15) is 5.75 Å². The highest BCUT2D eigenvalue weighted by Gasteiger charge is 2.26. The molecule has 0 aliphatic heterocycles. The first-order valence-electron chi connectivity index (χ1n) is 11.3. The summed E-state index contributed by atoms with van der Waals surface area (Å²) in [5.74, 6) is 2.45. The number of rotatable bonds is 10. The number of benzene rings is 1. The molecule has 7 heteroatoms. The lowest BCUT2D eigenvalue weighted by Crippen LogP contribution is -2.48. The Hall–Kier alpha value is -1.60. The third kappa shape index (κ3) is 6.98. The van der Waals surface area contributed by atoms with Crippen molar-refractivity contribution in [3.63, 3.8) is 0 Å². The van der Waals surface area contributed by atoms with Gasteiger partial charge in [0, 0.05) is 41.4 Å². The van der Waals surface area contributed by atoms with Gasteiger partial charge < -0.3 is 15.4 Å². The first-order chi connectivity index (χ1) is 14.6. The average molecular weight is 437 g/mol. The van der Waals surface area contributed by atoms with Crippen molar-refractivity contribution in [2.24, 2.45) is 4.99 Å². The Kier molecular flexibility index (Phi) is 10.6. The monoisotopic (exact) mass is 436 g/mol. The van der Waals surface area contributed by atoms with Crippen molar-refractivity contribution < 1.29 is 8.95 Å². The second-order valence-electron chi connectivity index (χ2n) is 7.77. The van der Waals surface area contributed by atoms with Crippen LogP contribution < -0.4 is 15.4 Å². The molecule has 1 aliphatic carbocycles. The number of aliphatic imine (C=N–C) groups is 1. The van der Waals surface area contributed by atoms with Gasteiger partial charge in [-0.3, -0.25) is 14.1 Å². The van der Waals surface area contributed by atoms with E-state index in [1.54, 1.807) is 7.11 Å². The minimum absolute atomic E-state index is 0.223. The van der Waals surface area contributed by atoms with Crippen LogP contribution in [0.3, 0.4) is 0 Å². The fourth-order valence-corrected chi connectivity index (χ4v) is 5.65. The smallest absolute Gasteiger partial charge is 0.191 e. The predicted molar refractivity (Wildman–Crippen MR) is 128 cm³/mol. The SMILES string of the molecule is CCN(CC)C(CNC(=NC)NC1CCCC(S(=O)CC)C1)c1cccc(OC)c1. The second-order valence-corrected chi connectivity index (χ2v) is 9.77. The van der Waals surface area contributed by atoms with Crippen molar-refractivity contribution in [1.82, 2.24) is 15.5 Å². The van der Waals surface area contributed by atoms with Crippen molar-refractivity contribution in [2.45, 2.75) is 63.8 Å². The van der Waals surface area contributed by atoms with Gasteiger partial charge in [-0.15, -0.1) is 0 Å². The molecule has 0 saturated heterocycles. The van der Waals surface area contributed by atoms with E-state index >= 15 is 0 Å². The zero-order valence-corrected chi connectivity index (χ0v) is 20.1. The lowest BCUT2D eigenvalue weighted by molar-refractivity contribution is 0.218. The van der Waals surface area contributed by atoms with Crippen LogP contribution in [0.5, 0.6) is 5.75 Å². The van der Waals surface area contributed by atoms with Gasteiger partial charge >= 0.3 is 0 Å². The molecule has 0 spiro atoms. The Morgan fingerprint density at radius 3 is 2.70 bits per heavy atom. The standard InChI is InChI=1S/C23H40N4O2S/c1-6-27(7-2)22(18-11-9-13-20(15-18)29-5)17-25-23(24-4)26-19-12-10-14-21(16-19)30(28)8-3/h9,11,13,15,19,21-22H,6-8,10,12,14,16-17H2,1-5H3,(H2,24,25,26). The molecule has 30 heavy (non-hydrogen) atoms. The van der Waals surface area contributed by atoms with Gasteiger partial charge in [0.25, 0.3) is 0 Å². The van der Waals surface area contributed by atoms with E-state index in [1.165, 1.54) is 5.56 Å². The van der Waals surface area contributed by atoms with Crippen molar-refractivity contribution in [3.8, 4) is 5.75 Å². The average Bonchev–Trinajstić information content (AvgIpc) is 2.80. The Morgan fingerprint density at radius 2 is 2.07 bits per heavy atom. The Morgan fingerprint density at radius 1 is 1.30 bits per heavy atom. The summed E-state index contributed by atoms with van der Waals surface area (Å²) < 4.78 is 17.7. The van der Waals surface area contributed by atoms with Gasteiger partial charge in [-0.25, -0.2) is 0 Å². The maximum absolute atomic E-state index is 12.3. The van der Waals surface area contributed by atoms with E-state index < -0.39 is 10.8 Å². The summed E-state index contributed by atoms with van der Waals surface area (Å²) in [5.41, 5.74) is 1.23. The molecule has 1 aliphatic rings. The van der Waals surface area contributed by atoms with Crippen molar-refractivity contribution in [2.75, 3.05) is 39.5 Å². The number of guanidine groups is 1. The maximum Gasteiger partial charge on any atom is 0.191 e. The van der Waals surface area contributed by atoms with E-state index in [0.717, 1.165) is 62.8 Å². The number of hydrogen-bond acceptors (Lipinski definition) is 4. The van der Waals surface area contributed by atoms with Crippen LogP contribution in [0.1, 0.15) is 58.1 Å². The van der Waals surface area contributed by atoms with Crippen LogP contribution in [-0.2, 0) is 10.8 Å². The minimum atomic E-state index is -0.718. The second kappa shape index (κ2) is 13.0. The summed E-state index contributed by atoms with van der Waals surface area (Å²) in [6.07, 6.45) is 4.26. The molecular weight excluding hydrogens is 396 g/mol. The van der Waals surface area contributed by atoms with Crippen LogP contribution in [-0.4, -0.2) is 65.9 Å². The molecule has 1 aromatic rings. The van der Waals surface area contributed by atoms with Gasteiger partial charge in [0.15, 0.2) is 5.96 Å². The quantitative estimate of drug-likeness (QED) is 0.435. The molecule has 4 unspecified atom stereocenters. The molecule has 0 bridgehead atoms. The minimum Gasteiger partial charge on any atom is -0.497 e. The topological polar surface area (TPSA) is 66.0 Å². The molecule has 2 rings (SSSR count). The molecule has 0 heterocycles. The molecule has 0 amide bonds. The van der Waals surface area contributed by atoms with Gasteiger partial charge in [-0.1, -0.05) is 39.3 Å². The molecule has 0 radical (unpaired) electrons. The zero-order chi connectivity index (χ0) is 21.9. The zero-order valence-electron chi connectivity index (χ0n) is 19.3. The van der Waals surface area contributed by atoms with E-state index in [2.05, 4.69) is 46.5 Å². The van der Waals surface area contributed by atoms with Crippen molar-refractivity contribution in [3.05, 3.63) is 29.8 Å². The third-order valence-corrected chi connectivity index (χ3v) is 7.78. The Labute approximate surface area is 185 Å². The maximum atomic E-state index is 12.3. The number of ether oxygens (including phenoxy) is 1. The Balaban J connectivity index is 2.04. The molecule has 4 atom stereocenters. The van der Waals surface area contributed by atoms with E-state index in [9.17, 15) is 4.21 Å². The van der Waals surface area contributed by atoms with E-state index in [-0.39, 0.29) is 6.04 Å². The number of methoxy groups -OCH3 is 1. The van der Waals surface area contributed by atoms with Crippen LogP contribution in [0.15, 0.2) is 29.3 Å². The highest BCUT2D eigenvalue weighted by Crippen LogP contribution is 2.25. The fourth-order valence-electron chi connectivity index (χ4n) is 4.30. The van der Waals surface area contributed by atoms with Crippen LogP contribution in [0.4, 0.5) is 0 Å². The molecule has 0 aromatic heterocycles. The van der Waals surface area contributed by atoms with Crippen LogP contribution in [0, 0.1) is 0 Å². The summed E-state index contributed by atoms with van der Waals surface area (Å²) >= 11 is 0. The van der Waals surface area contributed by atoms with Crippen LogP contribution in [0.25, 0.3) is 0 Å². The summed E-state index contributed by atoms with van der Waals surface area (Å²) in [7, 11) is 2.81. The first kappa shape index (κ1) is 24.7. The number of hydrogen-bond donors (Lipinski definition) is 2. The largest absolute Gasteiger partial charge is 0.497 e. The molecule has 2 N–H and O–H groups in total. The lowest BCUT2D eigenvalue weighted by Gasteiger charge is -2.33. The molecule has 1 aromatic carbocycles. The summed E-state index contributed by atoms with van der Waals surface area (Å²) in [6.45, 7) is 9.10. The van der Waals surface area contributed by atoms with E-state index in [1.807, 2.05) is 26.1 Å². The summed E-state index contributed by atoms with van der Waals surface area (Å²) in [5, 5.41) is 7.43. The van der Waals surface area contributed by atoms with E-state index in [0.29, 0.717) is 11.3 Å². The van der Waals surface area contributed by atoms with Gasteiger partial charge in [0.05, 0.1) is 13.2 Å². The Bertz CT molecular complexity index is 694. The normalized spacial score (nSPS) is 21.9. The molecule has 170 valence electrons. The summed E-state index contributed by atoms with van der Waals surface area (Å²) in [4.78, 5) is 6.90. The molecular formula is C23H40N4O2S. The first-order valence-corrected chi connectivity index (χ1v) is 12.7. The number of nitrogens with zero attached hydrogens (tertiary/aromatic N) is 2. The highest BCUT2D eigenvalue weighted by atomic mass is 32.2. The van der Waals surface area contributed by atoms with Crippen molar-refractivity contribution >= 4 is 16.8 Å². The highest BCUT2D eigenvalue weighted by molar-refractivity contribution is 7.85. The van der Waals surface area contributed by atoms with E-state index in [4.69, 9.17) is 4.74 Å². The van der Waals surface area contributed by atoms with Crippen LogP contribution in [0.2, 0.25) is 0 Å². The molecule has 6 nitrogen and oxygen atoms in total. The third-order valence-electron chi connectivity index (χ3n) is 6.04.